The maximum Gasteiger partial charge on any atom is 0.218 e. The molecule has 0 aromatic carbocycles. The minimum absolute atomic E-state index is 0.231. The van der Waals surface area contributed by atoms with E-state index in [0.29, 0.717) is 12.4 Å². The van der Waals surface area contributed by atoms with E-state index in [2.05, 4.69) is 24.1 Å². The fraction of sp³-hybridized carbons (Fsp3) is 0.688. The molecule has 0 spiro atoms. The lowest BCUT2D eigenvalue weighted by Gasteiger charge is -2.27. The minimum Gasteiger partial charge on any atom is -0.474 e. The third kappa shape index (κ3) is 4.44. The van der Waals surface area contributed by atoms with Gasteiger partial charge in [0.1, 0.15) is 11.9 Å². The Balaban J connectivity index is 1.98. The maximum atomic E-state index is 13.3. The molecule has 0 bridgehead atoms. The van der Waals surface area contributed by atoms with Crippen LogP contribution < -0.4 is 10.1 Å². The van der Waals surface area contributed by atoms with Crippen molar-refractivity contribution in [1.29, 1.82) is 0 Å². The lowest BCUT2D eigenvalue weighted by atomic mass is 9.89. The molecule has 4 heteroatoms. The third-order valence-electron chi connectivity index (χ3n) is 3.88. The number of nitrogens with zero attached hydrogens (tertiary/aromatic N) is 1. The van der Waals surface area contributed by atoms with E-state index < -0.39 is 0 Å². The van der Waals surface area contributed by atoms with E-state index in [1.165, 1.54) is 25.1 Å². The molecule has 1 heterocycles. The summed E-state index contributed by atoms with van der Waals surface area (Å²) < 4.78 is 19.3. The first-order chi connectivity index (χ1) is 9.69. The monoisotopic (exact) mass is 280 g/mol. The van der Waals surface area contributed by atoms with Gasteiger partial charge in [0.2, 0.25) is 5.88 Å². The van der Waals surface area contributed by atoms with Crippen LogP contribution in [0.5, 0.6) is 5.88 Å². The summed E-state index contributed by atoms with van der Waals surface area (Å²) in [6.45, 7) is 5.91. The molecular formula is C16H25FN2O. The second-order valence-corrected chi connectivity index (χ2v) is 5.79. The van der Waals surface area contributed by atoms with Crippen molar-refractivity contribution in [2.45, 2.75) is 58.6 Å². The molecule has 0 radical (unpaired) electrons. The van der Waals surface area contributed by atoms with Gasteiger partial charge in [-0.05, 0) is 50.6 Å². The van der Waals surface area contributed by atoms with Crippen LogP contribution in [0.3, 0.4) is 0 Å². The minimum atomic E-state index is -0.303. The van der Waals surface area contributed by atoms with E-state index in [1.807, 2.05) is 0 Å². The van der Waals surface area contributed by atoms with Crippen LogP contribution in [0, 0.1) is 11.7 Å². The highest BCUT2D eigenvalue weighted by molar-refractivity contribution is 5.26. The summed E-state index contributed by atoms with van der Waals surface area (Å²) in [5.41, 5.74) is 0.817. The zero-order chi connectivity index (χ0) is 14.4. The Bertz CT molecular complexity index is 417. The number of ether oxygens (including phenoxy) is 1. The highest BCUT2D eigenvalue weighted by Crippen LogP contribution is 2.28. The zero-order valence-corrected chi connectivity index (χ0v) is 12.5. The highest BCUT2D eigenvalue weighted by atomic mass is 19.1. The first-order valence-electron chi connectivity index (χ1n) is 7.70. The summed E-state index contributed by atoms with van der Waals surface area (Å²) in [7, 11) is 0. The second kappa shape index (κ2) is 7.58. The molecule has 0 saturated heterocycles. The van der Waals surface area contributed by atoms with Gasteiger partial charge >= 0.3 is 0 Å². The molecule has 0 amide bonds. The van der Waals surface area contributed by atoms with Gasteiger partial charge in [0.15, 0.2) is 0 Å². The summed E-state index contributed by atoms with van der Waals surface area (Å²) in [5.74, 6) is 1.08. The van der Waals surface area contributed by atoms with Gasteiger partial charge in [-0.25, -0.2) is 9.37 Å². The Hall–Kier alpha value is -1.16. The van der Waals surface area contributed by atoms with Gasteiger partial charge < -0.3 is 10.1 Å². The number of hydrogen-bond acceptors (Lipinski definition) is 3. The number of rotatable bonds is 6. The summed E-state index contributed by atoms with van der Waals surface area (Å²) in [4.78, 5) is 4.13. The Morgan fingerprint density at radius 3 is 2.80 bits per heavy atom. The van der Waals surface area contributed by atoms with E-state index in [4.69, 9.17) is 4.74 Å². The van der Waals surface area contributed by atoms with Crippen molar-refractivity contribution in [3.63, 3.8) is 0 Å². The third-order valence-corrected chi connectivity index (χ3v) is 3.88. The Kier molecular flexibility index (Phi) is 5.77. The Morgan fingerprint density at radius 2 is 2.10 bits per heavy atom. The predicted molar refractivity (Wildman–Crippen MR) is 78.2 cm³/mol. The molecule has 1 aromatic heterocycles. The normalized spacial score (nSPS) is 22.8. The highest BCUT2D eigenvalue weighted by Gasteiger charge is 2.21. The van der Waals surface area contributed by atoms with Crippen LogP contribution in [0.25, 0.3) is 0 Å². The van der Waals surface area contributed by atoms with Crippen LogP contribution >= 0.6 is 0 Å². The molecule has 1 saturated carbocycles. The van der Waals surface area contributed by atoms with E-state index >= 15 is 0 Å². The quantitative estimate of drug-likeness (QED) is 0.807. The van der Waals surface area contributed by atoms with Crippen LogP contribution in [-0.4, -0.2) is 17.6 Å². The van der Waals surface area contributed by atoms with Crippen molar-refractivity contribution < 1.29 is 9.13 Å². The van der Waals surface area contributed by atoms with Crippen molar-refractivity contribution in [1.82, 2.24) is 10.3 Å². The van der Waals surface area contributed by atoms with Crippen LogP contribution in [0.15, 0.2) is 12.3 Å². The Labute approximate surface area is 120 Å². The number of halogens is 1. The molecule has 1 aliphatic carbocycles. The van der Waals surface area contributed by atoms with Gasteiger partial charge in [0.25, 0.3) is 0 Å². The van der Waals surface area contributed by atoms with Crippen LogP contribution in [0.2, 0.25) is 0 Å². The van der Waals surface area contributed by atoms with Crippen LogP contribution in [0.1, 0.15) is 51.5 Å². The van der Waals surface area contributed by atoms with Gasteiger partial charge in [0.05, 0.1) is 6.20 Å². The summed E-state index contributed by atoms with van der Waals surface area (Å²) in [6, 6.07) is 1.52. The van der Waals surface area contributed by atoms with Crippen molar-refractivity contribution in [2.75, 3.05) is 6.54 Å². The van der Waals surface area contributed by atoms with Gasteiger partial charge in [-0.15, -0.1) is 0 Å². The average molecular weight is 280 g/mol. The average Bonchev–Trinajstić information content (AvgIpc) is 2.44. The van der Waals surface area contributed by atoms with Gasteiger partial charge in [-0.3, -0.25) is 0 Å². The molecule has 0 atom stereocenters. The largest absolute Gasteiger partial charge is 0.474 e. The molecule has 1 fully saturated rings. The Morgan fingerprint density at radius 1 is 1.35 bits per heavy atom. The van der Waals surface area contributed by atoms with Crippen molar-refractivity contribution in [3.8, 4) is 5.88 Å². The van der Waals surface area contributed by atoms with Gasteiger partial charge in [-0.1, -0.05) is 13.8 Å². The molecular weight excluding hydrogens is 255 g/mol. The van der Waals surface area contributed by atoms with E-state index in [-0.39, 0.29) is 11.9 Å². The molecule has 0 unspecified atom stereocenters. The van der Waals surface area contributed by atoms with E-state index in [9.17, 15) is 4.39 Å². The fourth-order valence-corrected chi connectivity index (χ4v) is 2.61. The summed E-state index contributed by atoms with van der Waals surface area (Å²) in [5, 5.41) is 3.28. The second-order valence-electron chi connectivity index (χ2n) is 5.79. The molecule has 2 rings (SSSR count). The number of aromatic nitrogens is 1. The fourth-order valence-electron chi connectivity index (χ4n) is 2.61. The van der Waals surface area contributed by atoms with Crippen molar-refractivity contribution >= 4 is 0 Å². The summed E-state index contributed by atoms with van der Waals surface area (Å²) >= 11 is 0. The SMILES string of the molecule is CCCNCc1cc(F)cnc1OC1CCC(C)CC1. The standard InChI is InChI=1S/C16H25FN2O/c1-3-8-18-10-13-9-14(17)11-19-16(13)20-15-6-4-12(2)5-7-15/h9,11-12,15,18H,3-8,10H2,1-2H3. The van der Waals surface area contributed by atoms with Crippen LogP contribution in [0.4, 0.5) is 4.39 Å². The van der Waals surface area contributed by atoms with Crippen molar-refractivity contribution in [2.24, 2.45) is 5.92 Å². The first-order valence-corrected chi connectivity index (χ1v) is 7.70. The van der Waals surface area contributed by atoms with E-state index in [1.54, 1.807) is 0 Å². The predicted octanol–water partition coefficient (Wildman–Crippen LogP) is 3.68. The molecule has 1 aromatic rings. The first kappa shape index (κ1) is 15.2. The topological polar surface area (TPSA) is 34.2 Å². The maximum absolute atomic E-state index is 13.3. The smallest absolute Gasteiger partial charge is 0.218 e. The molecule has 1 aliphatic rings. The molecule has 112 valence electrons. The van der Waals surface area contributed by atoms with E-state index in [0.717, 1.165) is 37.3 Å². The number of nitrogens with one attached hydrogen (secondary N) is 1. The molecule has 3 nitrogen and oxygen atoms in total. The molecule has 20 heavy (non-hydrogen) atoms. The molecule has 1 N–H and O–H groups in total. The van der Waals surface area contributed by atoms with Crippen LogP contribution in [-0.2, 0) is 6.54 Å². The van der Waals surface area contributed by atoms with Gasteiger partial charge in [0, 0.05) is 12.1 Å². The lowest BCUT2D eigenvalue weighted by Crippen LogP contribution is -2.24. The number of hydrogen-bond donors (Lipinski definition) is 1. The summed E-state index contributed by atoms with van der Waals surface area (Å²) in [6.07, 6.45) is 7.08. The van der Waals surface area contributed by atoms with Crippen molar-refractivity contribution in [3.05, 3.63) is 23.6 Å². The number of pyridine rings is 1. The zero-order valence-electron chi connectivity index (χ0n) is 12.5. The molecule has 0 aliphatic heterocycles. The lowest BCUT2D eigenvalue weighted by molar-refractivity contribution is 0.128. The van der Waals surface area contributed by atoms with Gasteiger partial charge in [-0.2, -0.15) is 0 Å².